The molecule has 2 atom stereocenters. The highest BCUT2D eigenvalue weighted by Gasteiger charge is 2.40. The molecule has 0 radical (unpaired) electrons. The summed E-state index contributed by atoms with van der Waals surface area (Å²) in [5.74, 6) is 0. The third kappa shape index (κ3) is 4.65. The summed E-state index contributed by atoms with van der Waals surface area (Å²) in [6.45, 7) is 7.64. The lowest BCUT2D eigenvalue weighted by molar-refractivity contribution is -0.00500. The summed E-state index contributed by atoms with van der Waals surface area (Å²) >= 11 is 0. The minimum Gasteiger partial charge on any atom is -0.372 e. The molecule has 1 heterocycles. The molecule has 0 bridgehead atoms. The fraction of sp³-hybridized carbons (Fsp3) is 1.00. The van der Waals surface area contributed by atoms with Gasteiger partial charge in [-0.15, -0.1) is 0 Å². The summed E-state index contributed by atoms with van der Waals surface area (Å²) in [5, 5.41) is 3.49. The van der Waals surface area contributed by atoms with Gasteiger partial charge < -0.3 is 19.9 Å². The summed E-state index contributed by atoms with van der Waals surface area (Å²) < 4.78 is 6.19. The van der Waals surface area contributed by atoms with Gasteiger partial charge in [-0.05, 0) is 53.2 Å². The predicted molar refractivity (Wildman–Crippen MR) is 88.8 cm³/mol. The van der Waals surface area contributed by atoms with Crippen LogP contribution >= 0.6 is 0 Å². The van der Waals surface area contributed by atoms with Crippen molar-refractivity contribution in [3.8, 4) is 0 Å². The van der Waals surface area contributed by atoms with Gasteiger partial charge in [0.1, 0.15) is 0 Å². The van der Waals surface area contributed by atoms with Crippen molar-refractivity contribution in [2.45, 2.75) is 69.7 Å². The van der Waals surface area contributed by atoms with Gasteiger partial charge in [0.2, 0.25) is 0 Å². The zero-order valence-corrected chi connectivity index (χ0v) is 14.7. The number of nitrogens with one attached hydrogen (secondary N) is 1. The molecule has 124 valence electrons. The van der Waals surface area contributed by atoms with E-state index in [1.165, 1.54) is 38.6 Å². The molecule has 4 nitrogen and oxygen atoms in total. The molecule has 2 fully saturated rings. The summed E-state index contributed by atoms with van der Waals surface area (Å²) in [4.78, 5) is 4.92. The first-order valence-corrected chi connectivity index (χ1v) is 8.66. The second kappa shape index (κ2) is 7.40. The summed E-state index contributed by atoms with van der Waals surface area (Å²) in [7, 11) is 6.71. The van der Waals surface area contributed by atoms with Crippen molar-refractivity contribution in [3.63, 3.8) is 0 Å². The summed E-state index contributed by atoms with van der Waals surface area (Å²) in [6, 6.07) is 0.550. The van der Waals surface area contributed by atoms with E-state index in [4.69, 9.17) is 4.74 Å². The molecular weight excluding hydrogens is 262 g/mol. The van der Waals surface area contributed by atoms with Gasteiger partial charge in [-0.3, -0.25) is 0 Å². The number of hydrogen-bond acceptors (Lipinski definition) is 4. The molecule has 0 aromatic heterocycles. The lowest BCUT2D eigenvalue weighted by atomic mass is 9.75. The number of hydrogen-bond donors (Lipinski definition) is 1. The number of nitrogens with zero attached hydrogens (tertiary/aromatic N) is 2. The van der Waals surface area contributed by atoms with E-state index in [0.29, 0.717) is 23.8 Å². The Morgan fingerprint density at radius 1 is 1.14 bits per heavy atom. The number of ether oxygens (including phenoxy) is 1. The van der Waals surface area contributed by atoms with Crippen LogP contribution in [0, 0.1) is 0 Å². The highest BCUT2D eigenvalue weighted by atomic mass is 16.5. The Morgan fingerprint density at radius 2 is 1.81 bits per heavy atom. The van der Waals surface area contributed by atoms with Crippen LogP contribution in [-0.2, 0) is 4.74 Å². The molecule has 1 N–H and O–H groups in total. The van der Waals surface area contributed by atoms with E-state index in [9.17, 15) is 0 Å². The van der Waals surface area contributed by atoms with Crippen molar-refractivity contribution in [1.82, 2.24) is 15.1 Å². The van der Waals surface area contributed by atoms with Crippen LogP contribution in [0.4, 0.5) is 0 Å². The van der Waals surface area contributed by atoms with Crippen molar-refractivity contribution < 1.29 is 4.74 Å². The fourth-order valence-corrected chi connectivity index (χ4v) is 3.68. The fourth-order valence-electron chi connectivity index (χ4n) is 3.68. The van der Waals surface area contributed by atoms with Gasteiger partial charge in [0.05, 0.1) is 12.2 Å². The van der Waals surface area contributed by atoms with Crippen molar-refractivity contribution in [2.24, 2.45) is 0 Å². The topological polar surface area (TPSA) is 27.7 Å². The third-order valence-electron chi connectivity index (χ3n) is 5.26. The largest absolute Gasteiger partial charge is 0.372 e. The average Bonchev–Trinajstić information content (AvgIpc) is 2.78. The standard InChI is InChI=1S/C17H35N3O/c1-14(2)18-11-15-7-8-16(21-15)12-20(5)13-17(19(3)4)9-6-10-17/h14-16,18H,6-13H2,1-5H3. The molecule has 1 aliphatic carbocycles. The molecular formula is C17H35N3O. The van der Waals surface area contributed by atoms with Crippen LogP contribution in [0.25, 0.3) is 0 Å². The van der Waals surface area contributed by atoms with Crippen molar-refractivity contribution in [3.05, 3.63) is 0 Å². The van der Waals surface area contributed by atoms with E-state index < -0.39 is 0 Å². The minimum absolute atomic E-state index is 0.414. The zero-order valence-electron chi connectivity index (χ0n) is 14.7. The average molecular weight is 297 g/mol. The Balaban J connectivity index is 1.70. The maximum Gasteiger partial charge on any atom is 0.0707 e. The van der Waals surface area contributed by atoms with Gasteiger partial charge in [0, 0.05) is 31.2 Å². The van der Waals surface area contributed by atoms with Crippen LogP contribution < -0.4 is 5.32 Å². The first-order valence-electron chi connectivity index (χ1n) is 8.66. The van der Waals surface area contributed by atoms with Gasteiger partial charge in [-0.25, -0.2) is 0 Å². The molecule has 1 saturated heterocycles. The maximum absolute atomic E-state index is 6.19. The van der Waals surface area contributed by atoms with Crippen LogP contribution in [-0.4, -0.2) is 74.4 Å². The van der Waals surface area contributed by atoms with Crippen LogP contribution in [0.5, 0.6) is 0 Å². The van der Waals surface area contributed by atoms with E-state index in [0.717, 1.165) is 13.1 Å². The molecule has 1 saturated carbocycles. The molecule has 4 heteroatoms. The number of rotatable bonds is 8. The normalized spacial score (nSPS) is 28.6. The summed E-state index contributed by atoms with van der Waals surface area (Å²) in [5.41, 5.74) is 0.423. The van der Waals surface area contributed by atoms with Gasteiger partial charge >= 0.3 is 0 Å². The molecule has 2 aliphatic rings. The molecule has 0 amide bonds. The Morgan fingerprint density at radius 3 is 2.33 bits per heavy atom. The van der Waals surface area contributed by atoms with Gasteiger partial charge in [-0.1, -0.05) is 13.8 Å². The highest BCUT2D eigenvalue weighted by molar-refractivity contribution is 4.98. The molecule has 2 unspecified atom stereocenters. The molecule has 0 aromatic rings. The van der Waals surface area contributed by atoms with E-state index in [-0.39, 0.29) is 0 Å². The van der Waals surface area contributed by atoms with Gasteiger partial charge in [0.15, 0.2) is 0 Å². The van der Waals surface area contributed by atoms with E-state index in [1.807, 2.05) is 0 Å². The van der Waals surface area contributed by atoms with Crippen molar-refractivity contribution in [2.75, 3.05) is 40.8 Å². The minimum atomic E-state index is 0.414. The predicted octanol–water partition coefficient (Wildman–Crippen LogP) is 1.95. The van der Waals surface area contributed by atoms with Gasteiger partial charge in [0.25, 0.3) is 0 Å². The molecule has 2 rings (SSSR count). The third-order valence-corrected chi connectivity index (χ3v) is 5.26. The van der Waals surface area contributed by atoms with E-state index >= 15 is 0 Å². The first-order chi connectivity index (χ1) is 9.91. The Hall–Kier alpha value is -0.160. The Kier molecular flexibility index (Phi) is 6.06. The van der Waals surface area contributed by atoms with Crippen LogP contribution in [0.15, 0.2) is 0 Å². The van der Waals surface area contributed by atoms with E-state index in [2.05, 4.69) is 50.1 Å². The van der Waals surface area contributed by atoms with Crippen LogP contribution in [0.2, 0.25) is 0 Å². The summed E-state index contributed by atoms with van der Waals surface area (Å²) in [6.07, 6.45) is 7.33. The van der Waals surface area contributed by atoms with E-state index in [1.54, 1.807) is 0 Å². The van der Waals surface area contributed by atoms with Crippen molar-refractivity contribution >= 4 is 0 Å². The monoisotopic (exact) mass is 297 g/mol. The zero-order chi connectivity index (χ0) is 15.5. The maximum atomic E-state index is 6.19. The lowest BCUT2D eigenvalue weighted by Crippen LogP contribution is -2.57. The molecule has 1 aliphatic heterocycles. The highest BCUT2D eigenvalue weighted by Crippen LogP contribution is 2.36. The Labute approximate surface area is 131 Å². The Bertz CT molecular complexity index is 315. The second-order valence-corrected chi connectivity index (χ2v) is 7.69. The molecule has 21 heavy (non-hydrogen) atoms. The second-order valence-electron chi connectivity index (χ2n) is 7.69. The van der Waals surface area contributed by atoms with Gasteiger partial charge in [-0.2, -0.15) is 0 Å². The van der Waals surface area contributed by atoms with Crippen molar-refractivity contribution in [1.29, 1.82) is 0 Å². The molecule has 0 aromatic carbocycles. The van der Waals surface area contributed by atoms with Crippen LogP contribution in [0.1, 0.15) is 46.0 Å². The molecule has 0 spiro atoms. The first kappa shape index (κ1) is 17.2. The van der Waals surface area contributed by atoms with Crippen LogP contribution in [0.3, 0.4) is 0 Å². The quantitative estimate of drug-likeness (QED) is 0.741. The SMILES string of the molecule is CC(C)NCC1CCC(CN(C)CC2(N(C)C)CCC2)O1. The smallest absolute Gasteiger partial charge is 0.0707 e. The lowest BCUT2D eigenvalue weighted by Gasteiger charge is -2.49. The number of likely N-dealkylation sites (N-methyl/N-ethyl adjacent to an activating group) is 2.